The van der Waals surface area contributed by atoms with E-state index in [1.165, 1.54) is 6.07 Å². The monoisotopic (exact) mass is 316 g/mol. The fraction of sp³-hybridized carbons (Fsp3) is 0.571. The number of aliphatic hydroxyl groups is 1. The van der Waals surface area contributed by atoms with Gasteiger partial charge in [0.2, 0.25) is 10.0 Å². The van der Waals surface area contributed by atoms with Crippen LogP contribution >= 0.6 is 0 Å². The molecule has 1 rings (SSSR count). The molecule has 0 fully saturated rings. The molecule has 0 saturated carbocycles. The normalized spacial score (nSPS) is 12.0. The second kappa shape index (κ2) is 8.45. The van der Waals surface area contributed by atoms with Crippen molar-refractivity contribution in [1.82, 2.24) is 9.62 Å². The maximum Gasteiger partial charge on any atom is 0.240 e. The van der Waals surface area contributed by atoms with Gasteiger partial charge in [-0.3, -0.25) is 0 Å². The van der Waals surface area contributed by atoms with E-state index in [1.54, 1.807) is 19.1 Å². The Morgan fingerprint density at radius 3 is 2.62 bits per heavy atom. The molecule has 0 bridgehead atoms. The van der Waals surface area contributed by atoms with Crippen molar-refractivity contribution in [2.24, 2.45) is 0 Å². The van der Waals surface area contributed by atoms with Crippen molar-refractivity contribution in [3.05, 3.63) is 29.3 Å². The highest BCUT2D eigenvalue weighted by atomic mass is 32.2. The molecular formula is C14H24N2O4S. The summed E-state index contributed by atoms with van der Waals surface area (Å²) >= 11 is 0. The maximum atomic E-state index is 12.2. The van der Waals surface area contributed by atoms with Gasteiger partial charge in [-0.2, -0.15) is 0 Å². The van der Waals surface area contributed by atoms with Crippen LogP contribution in [-0.2, 0) is 21.4 Å². The molecular weight excluding hydrogens is 292 g/mol. The summed E-state index contributed by atoms with van der Waals surface area (Å²) in [5.41, 5.74) is 1.22. The Bertz CT molecular complexity index is 544. The first-order chi connectivity index (χ1) is 9.86. The molecule has 21 heavy (non-hydrogen) atoms. The SMILES string of the molecule is Cc1ccc(CO)cc1S(=O)(=O)NCCOCCN(C)C. The van der Waals surface area contributed by atoms with E-state index in [4.69, 9.17) is 9.84 Å². The van der Waals surface area contributed by atoms with Gasteiger partial charge in [-0.25, -0.2) is 13.1 Å². The number of rotatable bonds is 9. The summed E-state index contributed by atoms with van der Waals surface area (Å²) < 4.78 is 32.3. The zero-order valence-corrected chi connectivity index (χ0v) is 13.6. The smallest absolute Gasteiger partial charge is 0.240 e. The Labute approximate surface area is 126 Å². The number of benzene rings is 1. The molecule has 0 atom stereocenters. The van der Waals surface area contributed by atoms with Gasteiger partial charge in [-0.1, -0.05) is 12.1 Å². The van der Waals surface area contributed by atoms with Gasteiger partial charge in [0.1, 0.15) is 0 Å². The van der Waals surface area contributed by atoms with Crippen LogP contribution in [0.2, 0.25) is 0 Å². The molecule has 6 nitrogen and oxygen atoms in total. The fourth-order valence-corrected chi connectivity index (χ4v) is 3.01. The molecule has 0 spiro atoms. The summed E-state index contributed by atoms with van der Waals surface area (Å²) in [6.07, 6.45) is 0. The Kier molecular flexibility index (Phi) is 7.27. The number of ether oxygens (including phenoxy) is 1. The molecule has 0 unspecified atom stereocenters. The molecule has 0 aliphatic rings. The van der Waals surface area contributed by atoms with Crippen molar-refractivity contribution in [3.63, 3.8) is 0 Å². The van der Waals surface area contributed by atoms with Crippen molar-refractivity contribution in [3.8, 4) is 0 Å². The number of aliphatic hydroxyl groups excluding tert-OH is 1. The lowest BCUT2D eigenvalue weighted by Crippen LogP contribution is -2.29. The first-order valence-corrected chi connectivity index (χ1v) is 8.27. The first kappa shape index (κ1) is 18.1. The van der Waals surface area contributed by atoms with Crippen LogP contribution < -0.4 is 4.72 Å². The molecule has 0 aromatic heterocycles. The lowest BCUT2D eigenvalue weighted by atomic mass is 10.2. The second-order valence-electron chi connectivity index (χ2n) is 5.07. The highest BCUT2D eigenvalue weighted by Gasteiger charge is 2.16. The number of likely N-dealkylation sites (N-methyl/N-ethyl adjacent to an activating group) is 1. The van der Waals surface area contributed by atoms with Crippen molar-refractivity contribution >= 4 is 10.0 Å². The van der Waals surface area contributed by atoms with Gasteiger partial charge in [-0.15, -0.1) is 0 Å². The number of hydrogen-bond donors (Lipinski definition) is 2. The molecule has 1 aromatic carbocycles. The van der Waals surface area contributed by atoms with Gasteiger partial charge in [0, 0.05) is 13.1 Å². The highest BCUT2D eigenvalue weighted by molar-refractivity contribution is 7.89. The van der Waals surface area contributed by atoms with E-state index in [9.17, 15) is 8.42 Å². The number of nitrogens with one attached hydrogen (secondary N) is 1. The molecule has 120 valence electrons. The minimum Gasteiger partial charge on any atom is -0.392 e. The molecule has 2 N–H and O–H groups in total. The van der Waals surface area contributed by atoms with E-state index >= 15 is 0 Å². The standard InChI is InChI=1S/C14H24N2O4S/c1-12-4-5-13(11-17)10-14(12)21(18,19)15-6-8-20-9-7-16(2)3/h4-5,10,15,17H,6-9,11H2,1-3H3. The molecule has 0 heterocycles. The average Bonchev–Trinajstić information content (AvgIpc) is 2.42. The third-order valence-electron chi connectivity index (χ3n) is 2.95. The predicted molar refractivity (Wildman–Crippen MR) is 81.7 cm³/mol. The summed E-state index contributed by atoms with van der Waals surface area (Å²) in [5.74, 6) is 0. The lowest BCUT2D eigenvalue weighted by Gasteiger charge is -2.12. The van der Waals surface area contributed by atoms with Crippen LogP contribution in [-0.4, -0.2) is 58.8 Å². The van der Waals surface area contributed by atoms with Crippen LogP contribution in [0.1, 0.15) is 11.1 Å². The Balaban J connectivity index is 2.54. The predicted octanol–water partition coefficient (Wildman–Crippen LogP) is 0.344. The zero-order valence-electron chi connectivity index (χ0n) is 12.8. The minimum atomic E-state index is -3.58. The first-order valence-electron chi connectivity index (χ1n) is 6.79. The van der Waals surface area contributed by atoms with Gasteiger partial charge in [0.25, 0.3) is 0 Å². The zero-order chi connectivity index (χ0) is 15.9. The number of aryl methyl sites for hydroxylation is 1. The molecule has 0 aliphatic carbocycles. The van der Waals surface area contributed by atoms with Gasteiger partial charge in [0.15, 0.2) is 0 Å². The second-order valence-corrected chi connectivity index (χ2v) is 6.81. The topological polar surface area (TPSA) is 78.9 Å². The summed E-state index contributed by atoms with van der Waals surface area (Å²) in [6, 6.07) is 4.89. The third kappa shape index (κ3) is 6.11. The van der Waals surface area contributed by atoms with Gasteiger partial charge in [-0.05, 0) is 38.2 Å². The summed E-state index contributed by atoms with van der Waals surface area (Å²) in [6.45, 7) is 3.45. The Morgan fingerprint density at radius 2 is 2.00 bits per heavy atom. The molecule has 0 amide bonds. The number of nitrogens with zero attached hydrogens (tertiary/aromatic N) is 1. The van der Waals surface area contributed by atoms with Crippen LogP contribution in [0.4, 0.5) is 0 Å². The summed E-state index contributed by atoms with van der Waals surface area (Å²) in [4.78, 5) is 2.19. The molecule has 0 aliphatic heterocycles. The van der Waals surface area contributed by atoms with Crippen LogP contribution in [0.3, 0.4) is 0 Å². The van der Waals surface area contributed by atoms with E-state index in [-0.39, 0.29) is 18.0 Å². The van der Waals surface area contributed by atoms with Gasteiger partial charge >= 0.3 is 0 Å². The summed E-state index contributed by atoms with van der Waals surface area (Å²) in [7, 11) is 0.316. The van der Waals surface area contributed by atoms with Crippen molar-refractivity contribution in [2.75, 3.05) is 40.4 Å². The Morgan fingerprint density at radius 1 is 1.29 bits per heavy atom. The van der Waals surface area contributed by atoms with Crippen molar-refractivity contribution in [1.29, 1.82) is 0 Å². The maximum absolute atomic E-state index is 12.2. The minimum absolute atomic E-state index is 0.184. The molecule has 0 radical (unpaired) electrons. The fourth-order valence-electron chi connectivity index (χ4n) is 1.71. The molecule has 0 saturated heterocycles. The van der Waals surface area contributed by atoms with Crippen LogP contribution in [0.15, 0.2) is 23.1 Å². The molecule has 7 heteroatoms. The van der Waals surface area contributed by atoms with E-state index < -0.39 is 10.0 Å². The van der Waals surface area contributed by atoms with Gasteiger partial charge in [0.05, 0.1) is 24.7 Å². The van der Waals surface area contributed by atoms with E-state index in [1.807, 2.05) is 19.0 Å². The number of sulfonamides is 1. The van der Waals surface area contributed by atoms with E-state index in [0.717, 1.165) is 6.54 Å². The van der Waals surface area contributed by atoms with Crippen molar-refractivity contribution in [2.45, 2.75) is 18.4 Å². The Hall–Kier alpha value is -0.990. The quantitative estimate of drug-likeness (QED) is 0.643. The lowest BCUT2D eigenvalue weighted by molar-refractivity contribution is 0.122. The van der Waals surface area contributed by atoms with Gasteiger partial charge < -0.3 is 14.7 Å². The number of hydrogen-bond acceptors (Lipinski definition) is 5. The van der Waals surface area contributed by atoms with E-state index in [0.29, 0.717) is 24.3 Å². The largest absolute Gasteiger partial charge is 0.392 e. The summed E-state index contributed by atoms with van der Waals surface area (Å²) in [5, 5.41) is 9.10. The van der Waals surface area contributed by atoms with Crippen LogP contribution in [0.5, 0.6) is 0 Å². The van der Waals surface area contributed by atoms with Crippen LogP contribution in [0.25, 0.3) is 0 Å². The molecule has 1 aromatic rings. The third-order valence-corrected chi connectivity index (χ3v) is 4.55. The van der Waals surface area contributed by atoms with Crippen molar-refractivity contribution < 1.29 is 18.3 Å². The average molecular weight is 316 g/mol. The van der Waals surface area contributed by atoms with Crippen LogP contribution in [0, 0.1) is 6.92 Å². The van der Waals surface area contributed by atoms with E-state index in [2.05, 4.69) is 4.72 Å². The highest BCUT2D eigenvalue weighted by Crippen LogP contribution is 2.16.